The van der Waals surface area contributed by atoms with Gasteiger partial charge in [-0.2, -0.15) is 0 Å². The lowest BCUT2D eigenvalue weighted by Gasteiger charge is -2.25. The zero-order chi connectivity index (χ0) is 17.3. The van der Waals surface area contributed by atoms with Crippen molar-refractivity contribution in [1.82, 2.24) is 5.32 Å². The van der Waals surface area contributed by atoms with Crippen LogP contribution in [0.3, 0.4) is 0 Å². The first-order chi connectivity index (χ1) is 11.4. The molecule has 0 unspecified atom stereocenters. The first-order valence-corrected chi connectivity index (χ1v) is 8.29. The fourth-order valence-corrected chi connectivity index (χ4v) is 3.01. The van der Waals surface area contributed by atoms with E-state index in [1.54, 1.807) is 6.07 Å². The third-order valence-corrected chi connectivity index (χ3v) is 4.80. The van der Waals surface area contributed by atoms with E-state index >= 15 is 0 Å². The van der Waals surface area contributed by atoms with Crippen LogP contribution >= 0.6 is 12.4 Å². The van der Waals surface area contributed by atoms with Crippen molar-refractivity contribution in [1.29, 1.82) is 0 Å². The highest BCUT2D eigenvalue weighted by molar-refractivity contribution is 5.98. The molecule has 1 aliphatic rings. The third-order valence-electron chi connectivity index (χ3n) is 4.80. The van der Waals surface area contributed by atoms with Crippen molar-refractivity contribution in [2.24, 2.45) is 0 Å². The lowest BCUT2D eigenvalue weighted by atomic mass is 9.83. The zero-order valence-electron chi connectivity index (χ0n) is 14.8. The van der Waals surface area contributed by atoms with Crippen LogP contribution in [0, 0.1) is 12.7 Å². The molecule has 0 saturated heterocycles. The predicted octanol–water partition coefficient (Wildman–Crippen LogP) is 4.12. The van der Waals surface area contributed by atoms with Crippen molar-refractivity contribution >= 4 is 24.0 Å². The Kier molecular flexibility index (Phi) is 5.86. The summed E-state index contributed by atoms with van der Waals surface area (Å²) in [7, 11) is 0. The topological polar surface area (TPSA) is 41.1 Å². The second-order valence-corrected chi connectivity index (χ2v) is 6.94. The summed E-state index contributed by atoms with van der Waals surface area (Å²) in [5.74, 6) is -0.513. The van der Waals surface area contributed by atoms with Gasteiger partial charge in [0, 0.05) is 6.54 Å². The lowest BCUT2D eigenvalue weighted by molar-refractivity contribution is -0.120. The van der Waals surface area contributed by atoms with Gasteiger partial charge in [-0.05, 0) is 56.5 Å². The van der Waals surface area contributed by atoms with Crippen LogP contribution in [-0.2, 0) is 23.2 Å². The molecule has 0 aliphatic carbocycles. The number of carbonyl (C=O) groups excluding carboxylic acids is 1. The molecule has 0 fully saturated rings. The molecule has 0 bridgehead atoms. The molecule has 3 nitrogen and oxygen atoms in total. The van der Waals surface area contributed by atoms with Crippen molar-refractivity contribution in [3.05, 3.63) is 64.5 Å². The van der Waals surface area contributed by atoms with Crippen molar-refractivity contribution in [2.45, 2.75) is 39.2 Å². The van der Waals surface area contributed by atoms with Gasteiger partial charge in [-0.3, -0.25) is 4.79 Å². The average molecular weight is 363 g/mol. The van der Waals surface area contributed by atoms with Gasteiger partial charge in [0.25, 0.3) is 0 Å². The monoisotopic (exact) mass is 362 g/mol. The van der Waals surface area contributed by atoms with E-state index in [0.29, 0.717) is 18.5 Å². The Labute approximate surface area is 154 Å². The number of amides is 1. The lowest BCUT2D eigenvalue weighted by Crippen LogP contribution is -2.35. The number of aryl methyl sites for hydroxylation is 1. The summed E-state index contributed by atoms with van der Waals surface area (Å²) in [6, 6.07) is 11.4. The Bertz CT molecular complexity index is 772. The summed E-state index contributed by atoms with van der Waals surface area (Å²) in [4.78, 5) is 12.7. The summed E-state index contributed by atoms with van der Waals surface area (Å²) in [6.07, 6.45) is 0.645. The summed E-state index contributed by atoms with van der Waals surface area (Å²) >= 11 is 0. The molecule has 0 aromatic heterocycles. The normalized spacial score (nSPS) is 13.6. The van der Waals surface area contributed by atoms with Crippen LogP contribution in [0.2, 0.25) is 0 Å². The van der Waals surface area contributed by atoms with Gasteiger partial charge in [0.05, 0.1) is 11.1 Å². The van der Waals surface area contributed by atoms with E-state index < -0.39 is 5.41 Å². The number of nitrogens with one attached hydrogen (secondary N) is 2. The zero-order valence-corrected chi connectivity index (χ0v) is 15.6. The minimum absolute atomic E-state index is 0. The van der Waals surface area contributed by atoms with Crippen molar-refractivity contribution in [3.63, 3.8) is 0 Å². The smallest absolute Gasteiger partial charge is 0.234 e. The first-order valence-electron chi connectivity index (χ1n) is 8.29. The Morgan fingerprint density at radius 3 is 2.52 bits per heavy atom. The molecule has 134 valence electrons. The van der Waals surface area contributed by atoms with Crippen LogP contribution in [0.5, 0.6) is 0 Å². The predicted molar refractivity (Wildman–Crippen MR) is 102 cm³/mol. The van der Waals surface area contributed by atoms with Gasteiger partial charge in [-0.1, -0.05) is 35.9 Å². The van der Waals surface area contributed by atoms with E-state index in [2.05, 4.69) is 10.6 Å². The van der Waals surface area contributed by atoms with Gasteiger partial charge in [-0.15, -0.1) is 12.4 Å². The first kappa shape index (κ1) is 19.4. The fourth-order valence-electron chi connectivity index (χ4n) is 3.01. The molecule has 2 N–H and O–H groups in total. The molecule has 5 heteroatoms. The molecular formula is C20H24ClFN2O. The summed E-state index contributed by atoms with van der Waals surface area (Å²) in [5, 5.41) is 6.00. The van der Waals surface area contributed by atoms with Crippen LogP contribution in [0.25, 0.3) is 0 Å². The van der Waals surface area contributed by atoms with E-state index in [4.69, 9.17) is 0 Å². The standard InChI is InChI=1S/C20H23FN2O.ClH/c1-13-4-7-15(8-5-13)20(2,3)19(24)23-17-9-6-14-12-22-11-10-16(14)18(17)21;/h4-9,22H,10-12H2,1-3H3,(H,23,24);1H. The van der Waals surface area contributed by atoms with Gasteiger partial charge < -0.3 is 10.6 Å². The maximum Gasteiger partial charge on any atom is 0.234 e. The van der Waals surface area contributed by atoms with Gasteiger partial charge in [0.2, 0.25) is 5.91 Å². The Hall–Kier alpha value is -1.91. The highest BCUT2D eigenvalue weighted by Crippen LogP contribution is 2.28. The van der Waals surface area contributed by atoms with Gasteiger partial charge in [0.15, 0.2) is 0 Å². The summed E-state index contributed by atoms with van der Waals surface area (Å²) in [5.41, 5.74) is 3.25. The molecular weight excluding hydrogens is 339 g/mol. The molecule has 25 heavy (non-hydrogen) atoms. The molecule has 2 aromatic rings. The largest absolute Gasteiger partial charge is 0.323 e. The van der Waals surface area contributed by atoms with Crippen LogP contribution in [0.15, 0.2) is 36.4 Å². The van der Waals surface area contributed by atoms with Crippen molar-refractivity contribution in [2.75, 3.05) is 11.9 Å². The average Bonchev–Trinajstić information content (AvgIpc) is 2.58. The number of hydrogen-bond donors (Lipinski definition) is 2. The quantitative estimate of drug-likeness (QED) is 0.862. The van der Waals surface area contributed by atoms with Crippen LogP contribution in [0.4, 0.5) is 10.1 Å². The minimum atomic E-state index is -0.738. The molecule has 1 heterocycles. The molecule has 0 saturated carbocycles. The summed E-state index contributed by atoms with van der Waals surface area (Å²) < 4.78 is 14.7. The van der Waals surface area contributed by atoms with E-state index in [0.717, 1.165) is 23.2 Å². The second kappa shape index (κ2) is 7.54. The van der Waals surface area contributed by atoms with E-state index in [9.17, 15) is 9.18 Å². The van der Waals surface area contributed by atoms with Crippen molar-refractivity contribution in [3.8, 4) is 0 Å². The van der Waals surface area contributed by atoms with E-state index in [-0.39, 0.29) is 29.8 Å². The third kappa shape index (κ3) is 3.86. The number of fused-ring (bicyclic) bond motifs is 1. The number of anilines is 1. The number of halogens is 2. The van der Waals surface area contributed by atoms with Gasteiger partial charge in [-0.25, -0.2) is 4.39 Å². The van der Waals surface area contributed by atoms with E-state index in [1.165, 1.54) is 0 Å². The number of benzene rings is 2. The Morgan fingerprint density at radius 1 is 1.16 bits per heavy atom. The molecule has 3 rings (SSSR count). The van der Waals surface area contributed by atoms with Crippen molar-refractivity contribution < 1.29 is 9.18 Å². The molecule has 0 atom stereocenters. The molecule has 0 radical (unpaired) electrons. The maximum atomic E-state index is 14.7. The van der Waals surface area contributed by atoms with E-state index in [1.807, 2.05) is 51.1 Å². The molecule has 1 amide bonds. The minimum Gasteiger partial charge on any atom is -0.323 e. The second-order valence-electron chi connectivity index (χ2n) is 6.94. The molecule has 1 aliphatic heterocycles. The maximum absolute atomic E-state index is 14.7. The molecule has 2 aromatic carbocycles. The fraction of sp³-hybridized carbons (Fsp3) is 0.350. The molecule has 0 spiro atoms. The Balaban J connectivity index is 0.00000225. The number of rotatable bonds is 3. The highest BCUT2D eigenvalue weighted by atomic mass is 35.5. The highest BCUT2D eigenvalue weighted by Gasteiger charge is 2.30. The summed E-state index contributed by atoms with van der Waals surface area (Å²) in [6.45, 7) is 7.15. The van der Waals surface area contributed by atoms with Crippen LogP contribution in [0.1, 0.15) is 36.1 Å². The van der Waals surface area contributed by atoms with Gasteiger partial charge in [0.1, 0.15) is 5.82 Å². The van der Waals surface area contributed by atoms with Crippen LogP contribution in [-0.4, -0.2) is 12.5 Å². The number of hydrogen-bond acceptors (Lipinski definition) is 2. The Morgan fingerprint density at radius 2 is 1.84 bits per heavy atom. The van der Waals surface area contributed by atoms with Gasteiger partial charge >= 0.3 is 0 Å². The number of carbonyl (C=O) groups is 1. The SMILES string of the molecule is Cc1ccc(C(C)(C)C(=O)Nc2ccc3c(c2F)CCNC3)cc1.Cl. The van der Waals surface area contributed by atoms with Crippen LogP contribution < -0.4 is 10.6 Å².